The molecule has 17 heavy (non-hydrogen) atoms. The first-order chi connectivity index (χ1) is 8.11. The molecule has 3 atom stereocenters. The lowest BCUT2D eigenvalue weighted by molar-refractivity contribution is 0.0210. The predicted octanol–water partition coefficient (Wildman–Crippen LogP) is 2.18. The molecule has 1 saturated carbocycles. The maximum Gasteiger partial charge on any atom is 0.0632 e. The molecule has 1 aliphatic carbocycles. The lowest BCUT2D eigenvalue weighted by Crippen LogP contribution is -2.41. The van der Waals surface area contributed by atoms with Gasteiger partial charge in [-0.25, -0.2) is 0 Å². The van der Waals surface area contributed by atoms with Crippen LogP contribution in [0.25, 0.3) is 0 Å². The van der Waals surface area contributed by atoms with Crippen LogP contribution in [-0.2, 0) is 4.74 Å². The van der Waals surface area contributed by atoms with Crippen molar-refractivity contribution in [2.75, 3.05) is 20.2 Å². The number of likely N-dealkylation sites (tertiary alicyclic amines) is 1. The van der Waals surface area contributed by atoms with Gasteiger partial charge < -0.3 is 14.7 Å². The van der Waals surface area contributed by atoms with Gasteiger partial charge in [0, 0.05) is 19.7 Å². The highest BCUT2D eigenvalue weighted by Crippen LogP contribution is 2.29. The summed E-state index contributed by atoms with van der Waals surface area (Å²) in [6.07, 6.45) is 8.44. The van der Waals surface area contributed by atoms with E-state index in [0.717, 1.165) is 32.4 Å². The first-order valence-electron chi connectivity index (χ1n) is 7.10. The molecule has 1 N–H and O–H groups in total. The number of hydrogen-bond acceptors (Lipinski definition) is 3. The van der Waals surface area contributed by atoms with E-state index in [1.165, 1.54) is 25.7 Å². The Kier molecular flexibility index (Phi) is 4.45. The zero-order chi connectivity index (χ0) is 12.3. The van der Waals surface area contributed by atoms with Gasteiger partial charge in [0.2, 0.25) is 0 Å². The minimum Gasteiger partial charge on any atom is -0.390 e. The lowest BCUT2D eigenvalue weighted by Gasteiger charge is -2.36. The van der Waals surface area contributed by atoms with E-state index in [4.69, 9.17) is 4.74 Å². The van der Waals surface area contributed by atoms with Gasteiger partial charge in [0.05, 0.1) is 11.7 Å². The van der Waals surface area contributed by atoms with Gasteiger partial charge >= 0.3 is 0 Å². The average molecular weight is 241 g/mol. The summed E-state index contributed by atoms with van der Waals surface area (Å²) >= 11 is 0. The maximum atomic E-state index is 10.1. The predicted molar refractivity (Wildman–Crippen MR) is 69.1 cm³/mol. The van der Waals surface area contributed by atoms with Crippen LogP contribution in [-0.4, -0.2) is 48.0 Å². The van der Waals surface area contributed by atoms with Crippen molar-refractivity contribution in [3.63, 3.8) is 0 Å². The van der Waals surface area contributed by atoms with Crippen LogP contribution >= 0.6 is 0 Å². The van der Waals surface area contributed by atoms with Crippen LogP contribution in [0.4, 0.5) is 0 Å². The van der Waals surface area contributed by atoms with Crippen molar-refractivity contribution in [1.82, 2.24) is 4.90 Å². The minimum atomic E-state index is -0.440. The van der Waals surface area contributed by atoms with Crippen LogP contribution in [0, 0.1) is 0 Å². The van der Waals surface area contributed by atoms with Crippen LogP contribution in [0.2, 0.25) is 0 Å². The van der Waals surface area contributed by atoms with Crippen molar-refractivity contribution < 1.29 is 9.84 Å². The average Bonchev–Trinajstić information content (AvgIpc) is 2.50. The van der Waals surface area contributed by atoms with Gasteiger partial charge in [-0.2, -0.15) is 0 Å². The van der Waals surface area contributed by atoms with E-state index < -0.39 is 5.60 Å². The van der Waals surface area contributed by atoms with Crippen molar-refractivity contribution >= 4 is 0 Å². The highest BCUT2D eigenvalue weighted by atomic mass is 16.5. The number of ether oxygens (including phenoxy) is 1. The van der Waals surface area contributed by atoms with Crippen LogP contribution < -0.4 is 0 Å². The summed E-state index contributed by atoms with van der Waals surface area (Å²) in [5.74, 6) is 0. The highest BCUT2D eigenvalue weighted by Gasteiger charge is 2.31. The van der Waals surface area contributed by atoms with Gasteiger partial charge in [-0.1, -0.05) is 0 Å². The molecule has 2 aliphatic rings. The van der Waals surface area contributed by atoms with Crippen molar-refractivity contribution in [3.05, 3.63) is 0 Å². The van der Waals surface area contributed by atoms with E-state index in [1.54, 1.807) is 0 Å². The van der Waals surface area contributed by atoms with Crippen molar-refractivity contribution in [3.8, 4) is 0 Å². The number of nitrogens with zero attached hydrogens (tertiary/aromatic N) is 1. The summed E-state index contributed by atoms with van der Waals surface area (Å²) in [5.41, 5.74) is -0.440. The Labute approximate surface area is 105 Å². The molecule has 1 heterocycles. The summed E-state index contributed by atoms with van der Waals surface area (Å²) < 4.78 is 5.51. The van der Waals surface area contributed by atoms with Gasteiger partial charge in [0.25, 0.3) is 0 Å². The van der Waals surface area contributed by atoms with Crippen molar-refractivity contribution in [2.24, 2.45) is 0 Å². The molecular weight excluding hydrogens is 214 g/mol. The Balaban J connectivity index is 1.88. The Morgan fingerprint density at radius 3 is 2.76 bits per heavy atom. The Morgan fingerprint density at radius 1 is 1.18 bits per heavy atom. The van der Waals surface area contributed by atoms with E-state index in [-0.39, 0.29) is 0 Å². The summed E-state index contributed by atoms with van der Waals surface area (Å²) in [4.78, 5) is 2.59. The summed E-state index contributed by atoms with van der Waals surface area (Å²) in [6.45, 7) is 4.18. The van der Waals surface area contributed by atoms with Gasteiger partial charge in [-0.3, -0.25) is 0 Å². The lowest BCUT2D eigenvalue weighted by atomic mass is 9.91. The molecule has 0 spiro atoms. The largest absolute Gasteiger partial charge is 0.390 e. The molecule has 3 heteroatoms. The molecule has 3 nitrogen and oxygen atoms in total. The van der Waals surface area contributed by atoms with Gasteiger partial charge in [-0.15, -0.1) is 0 Å². The standard InChI is InChI=1S/C14H27NO2/c1-14(16)7-4-9-15(10-8-14)12-5-3-6-13(11-12)17-2/h12-13,16H,3-11H2,1-2H3. The first kappa shape index (κ1) is 13.3. The summed E-state index contributed by atoms with van der Waals surface area (Å²) in [5, 5.41) is 10.1. The fourth-order valence-corrected chi connectivity index (χ4v) is 3.32. The number of hydrogen-bond donors (Lipinski definition) is 1. The molecule has 0 amide bonds. The molecule has 100 valence electrons. The van der Waals surface area contributed by atoms with Crippen molar-refractivity contribution in [2.45, 2.75) is 69.6 Å². The van der Waals surface area contributed by atoms with Gasteiger partial charge in [0.1, 0.15) is 0 Å². The Morgan fingerprint density at radius 2 is 2.00 bits per heavy atom. The Hall–Kier alpha value is -0.120. The normalized spacial score (nSPS) is 41.1. The van der Waals surface area contributed by atoms with E-state index in [2.05, 4.69) is 4.90 Å². The third-order valence-corrected chi connectivity index (χ3v) is 4.55. The second kappa shape index (κ2) is 5.68. The monoisotopic (exact) mass is 241 g/mol. The van der Waals surface area contributed by atoms with E-state index in [0.29, 0.717) is 12.1 Å². The molecule has 2 rings (SSSR count). The highest BCUT2D eigenvalue weighted by molar-refractivity contribution is 4.85. The summed E-state index contributed by atoms with van der Waals surface area (Å²) in [7, 11) is 1.83. The van der Waals surface area contributed by atoms with Gasteiger partial charge in [-0.05, 0) is 58.4 Å². The molecule has 3 unspecified atom stereocenters. The van der Waals surface area contributed by atoms with E-state index >= 15 is 0 Å². The Bertz CT molecular complexity index is 242. The van der Waals surface area contributed by atoms with Crippen molar-refractivity contribution in [1.29, 1.82) is 0 Å². The third kappa shape index (κ3) is 3.67. The number of aliphatic hydroxyl groups is 1. The van der Waals surface area contributed by atoms with Crippen LogP contribution in [0.3, 0.4) is 0 Å². The smallest absolute Gasteiger partial charge is 0.0632 e. The van der Waals surface area contributed by atoms with Crippen LogP contribution in [0.1, 0.15) is 51.9 Å². The topological polar surface area (TPSA) is 32.7 Å². The fourth-order valence-electron chi connectivity index (χ4n) is 3.32. The SMILES string of the molecule is COC1CCCC(N2CCCC(C)(O)CC2)C1. The molecular formula is C14H27NO2. The van der Waals surface area contributed by atoms with Crippen LogP contribution in [0.5, 0.6) is 0 Å². The molecule has 0 aromatic rings. The molecule has 0 bridgehead atoms. The molecule has 1 saturated heterocycles. The third-order valence-electron chi connectivity index (χ3n) is 4.55. The first-order valence-corrected chi connectivity index (χ1v) is 7.10. The van der Waals surface area contributed by atoms with Crippen LogP contribution in [0.15, 0.2) is 0 Å². The molecule has 0 radical (unpaired) electrons. The van der Waals surface area contributed by atoms with E-state index in [9.17, 15) is 5.11 Å². The molecule has 2 fully saturated rings. The zero-order valence-corrected chi connectivity index (χ0v) is 11.3. The second-order valence-electron chi connectivity index (χ2n) is 6.06. The minimum absolute atomic E-state index is 0.440. The number of methoxy groups -OCH3 is 1. The fraction of sp³-hybridized carbons (Fsp3) is 1.00. The zero-order valence-electron chi connectivity index (χ0n) is 11.3. The second-order valence-corrected chi connectivity index (χ2v) is 6.06. The molecule has 0 aromatic carbocycles. The van der Waals surface area contributed by atoms with E-state index in [1.807, 2.05) is 14.0 Å². The molecule has 0 aromatic heterocycles. The number of rotatable bonds is 2. The van der Waals surface area contributed by atoms with Gasteiger partial charge in [0.15, 0.2) is 0 Å². The quantitative estimate of drug-likeness (QED) is 0.804. The maximum absolute atomic E-state index is 10.1. The molecule has 1 aliphatic heterocycles. The summed E-state index contributed by atoms with van der Waals surface area (Å²) in [6, 6.07) is 0.683.